The number of benzene rings is 1. The van der Waals surface area contributed by atoms with Crippen molar-refractivity contribution in [1.82, 2.24) is 10.2 Å². The Bertz CT molecular complexity index is 700. The summed E-state index contributed by atoms with van der Waals surface area (Å²) in [5.41, 5.74) is 2.51. The van der Waals surface area contributed by atoms with Crippen LogP contribution in [-0.2, 0) is 11.3 Å². The fourth-order valence-electron chi connectivity index (χ4n) is 1.92. The van der Waals surface area contributed by atoms with Gasteiger partial charge in [-0.05, 0) is 24.3 Å². The van der Waals surface area contributed by atoms with Crippen molar-refractivity contribution in [1.29, 1.82) is 0 Å². The van der Waals surface area contributed by atoms with Crippen molar-refractivity contribution in [2.24, 2.45) is 0 Å². The van der Waals surface area contributed by atoms with E-state index in [0.717, 1.165) is 15.8 Å². The third-order valence-corrected chi connectivity index (χ3v) is 4.77. The molecule has 0 aliphatic heterocycles. The molecule has 3 rings (SSSR count). The summed E-state index contributed by atoms with van der Waals surface area (Å²) in [5.74, 6) is 1.06. The van der Waals surface area contributed by atoms with E-state index < -0.39 is 0 Å². The Hall–Kier alpha value is -2.12. The van der Waals surface area contributed by atoms with Crippen LogP contribution >= 0.6 is 23.1 Å². The van der Waals surface area contributed by atoms with Crippen molar-refractivity contribution in [2.75, 3.05) is 10.7 Å². The first-order valence-electron chi connectivity index (χ1n) is 6.59. The smallest absolute Gasteiger partial charge is 0.237 e. The zero-order chi connectivity index (χ0) is 15.2. The number of nitrogens with zero attached hydrogens (tertiary/aromatic N) is 3. The van der Waals surface area contributed by atoms with Crippen LogP contribution in [0.4, 0.5) is 5.69 Å². The van der Waals surface area contributed by atoms with Gasteiger partial charge in [-0.2, -0.15) is 0 Å². The summed E-state index contributed by atoms with van der Waals surface area (Å²) in [4.78, 5) is 14.3. The Kier molecular flexibility index (Phi) is 4.87. The molecular weight excluding hydrogens is 318 g/mol. The minimum atomic E-state index is 0.00259. The van der Waals surface area contributed by atoms with Gasteiger partial charge >= 0.3 is 0 Å². The largest absolute Gasteiger partial charge is 0.467 e. The highest BCUT2D eigenvalue weighted by Gasteiger charge is 2.18. The van der Waals surface area contributed by atoms with Gasteiger partial charge in [0.1, 0.15) is 11.3 Å². The standard InChI is InChI=1S/C15H13N3O2S2/c19-14(10-21-15-17-16-11-22-15)18(9-13-7-4-8-20-13)12-5-2-1-3-6-12/h1-8,11H,9-10H2. The summed E-state index contributed by atoms with van der Waals surface area (Å²) in [5, 5.41) is 7.71. The van der Waals surface area contributed by atoms with E-state index in [2.05, 4.69) is 10.2 Å². The second-order valence-electron chi connectivity index (χ2n) is 4.39. The van der Waals surface area contributed by atoms with Gasteiger partial charge in [0.05, 0.1) is 18.6 Å². The van der Waals surface area contributed by atoms with Gasteiger partial charge in [-0.15, -0.1) is 10.2 Å². The summed E-state index contributed by atoms with van der Waals surface area (Å²) < 4.78 is 6.16. The summed E-state index contributed by atoms with van der Waals surface area (Å²) in [6.45, 7) is 0.409. The summed E-state index contributed by atoms with van der Waals surface area (Å²) in [6.07, 6.45) is 1.61. The van der Waals surface area contributed by atoms with Gasteiger partial charge in [0.25, 0.3) is 0 Å². The average molecular weight is 331 g/mol. The van der Waals surface area contributed by atoms with E-state index in [4.69, 9.17) is 4.42 Å². The molecule has 0 N–H and O–H groups in total. The van der Waals surface area contributed by atoms with E-state index >= 15 is 0 Å². The van der Waals surface area contributed by atoms with Crippen LogP contribution in [0, 0.1) is 0 Å². The summed E-state index contributed by atoms with van der Waals surface area (Å²) >= 11 is 2.82. The molecule has 0 spiro atoms. The second kappa shape index (κ2) is 7.24. The molecule has 0 bridgehead atoms. The lowest BCUT2D eigenvalue weighted by molar-refractivity contribution is -0.116. The van der Waals surface area contributed by atoms with Crippen molar-refractivity contribution in [3.8, 4) is 0 Å². The molecule has 2 aromatic heterocycles. The fraction of sp³-hybridized carbons (Fsp3) is 0.133. The van der Waals surface area contributed by atoms with Crippen LogP contribution in [0.1, 0.15) is 5.76 Å². The molecule has 0 aliphatic carbocycles. The van der Waals surface area contributed by atoms with Crippen LogP contribution in [0.2, 0.25) is 0 Å². The van der Waals surface area contributed by atoms with Gasteiger partial charge in [0.2, 0.25) is 5.91 Å². The number of carbonyl (C=O) groups is 1. The van der Waals surface area contributed by atoms with Crippen LogP contribution < -0.4 is 4.90 Å². The van der Waals surface area contributed by atoms with E-state index in [1.165, 1.54) is 23.1 Å². The predicted octanol–water partition coefficient (Wildman–Crippen LogP) is 3.46. The molecule has 7 heteroatoms. The summed E-state index contributed by atoms with van der Waals surface area (Å²) in [6, 6.07) is 13.3. The Morgan fingerprint density at radius 2 is 2.09 bits per heavy atom. The Morgan fingerprint density at radius 3 is 2.77 bits per heavy atom. The maximum Gasteiger partial charge on any atom is 0.237 e. The number of para-hydroxylation sites is 1. The number of anilines is 1. The molecule has 1 amide bonds. The number of thioether (sulfide) groups is 1. The van der Waals surface area contributed by atoms with Crippen LogP contribution in [0.15, 0.2) is 63.0 Å². The lowest BCUT2D eigenvalue weighted by Crippen LogP contribution is -2.31. The highest BCUT2D eigenvalue weighted by Crippen LogP contribution is 2.22. The molecule has 5 nitrogen and oxygen atoms in total. The quantitative estimate of drug-likeness (QED) is 0.647. The lowest BCUT2D eigenvalue weighted by Gasteiger charge is -2.21. The lowest BCUT2D eigenvalue weighted by atomic mass is 10.2. The highest BCUT2D eigenvalue weighted by atomic mass is 32.2. The van der Waals surface area contributed by atoms with E-state index in [1.54, 1.807) is 16.7 Å². The number of rotatable bonds is 6. The van der Waals surface area contributed by atoms with Crippen molar-refractivity contribution >= 4 is 34.7 Å². The van der Waals surface area contributed by atoms with E-state index in [0.29, 0.717) is 12.3 Å². The topological polar surface area (TPSA) is 59.2 Å². The monoisotopic (exact) mass is 331 g/mol. The van der Waals surface area contributed by atoms with Gasteiger partial charge in [-0.25, -0.2) is 0 Å². The Balaban J connectivity index is 1.74. The molecule has 0 saturated carbocycles. The Labute approximate surface area is 136 Å². The normalized spacial score (nSPS) is 10.5. The first-order valence-corrected chi connectivity index (χ1v) is 8.46. The molecular formula is C15H13N3O2S2. The van der Waals surface area contributed by atoms with Crippen LogP contribution in [0.25, 0.3) is 0 Å². The molecule has 2 heterocycles. The van der Waals surface area contributed by atoms with E-state index in [1.807, 2.05) is 42.5 Å². The third-order valence-electron chi connectivity index (χ3n) is 2.92. The third kappa shape index (κ3) is 3.75. The molecule has 22 heavy (non-hydrogen) atoms. The molecule has 0 unspecified atom stereocenters. The molecule has 0 fully saturated rings. The first-order chi connectivity index (χ1) is 10.8. The minimum Gasteiger partial charge on any atom is -0.467 e. The summed E-state index contributed by atoms with van der Waals surface area (Å²) in [7, 11) is 0. The highest BCUT2D eigenvalue weighted by molar-refractivity contribution is 8.01. The molecule has 0 atom stereocenters. The molecule has 0 radical (unpaired) electrons. The van der Waals surface area contributed by atoms with Gasteiger partial charge in [0.15, 0.2) is 4.34 Å². The SMILES string of the molecule is O=C(CSc1nncs1)N(Cc1ccco1)c1ccccc1. The number of furan rings is 1. The van der Waals surface area contributed by atoms with Crippen molar-refractivity contribution in [3.05, 3.63) is 60.0 Å². The molecule has 0 saturated heterocycles. The first kappa shape index (κ1) is 14.8. The fourth-order valence-corrected chi connectivity index (χ4v) is 3.28. The maximum atomic E-state index is 12.6. The Morgan fingerprint density at radius 1 is 1.23 bits per heavy atom. The van der Waals surface area contributed by atoms with E-state index in [9.17, 15) is 4.79 Å². The van der Waals surface area contributed by atoms with Crippen LogP contribution in [-0.4, -0.2) is 21.9 Å². The molecule has 1 aromatic carbocycles. The second-order valence-corrected chi connectivity index (χ2v) is 6.44. The zero-order valence-corrected chi connectivity index (χ0v) is 13.2. The predicted molar refractivity (Wildman–Crippen MR) is 87.0 cm³/mol. The van der Waals surface area contributed by atoms with Crippen molar-refractivity contribution in [2.45, 2.75) is 10.9 Å². The maximum absolute atomic E-state index is 12.6. The molecule has 112 valence electrons. The number of hydrogen-bond donors (Lipinski definition) is 0. The number of amides is 1. The molecule has 3 aromatic rings. The van der Waals surface area contributed by atoms with Gasteiger partial charge in [0, 0.05) is 5.69 Å². The van der Waals surface area contributed by atoms with Gasteiger partial charge in [-0.1, -0.05) is 41.3 Å². The average Bonchev–Trinajstić information content (AvgIpc) is 3.24. The number of aromatic nitrogens is 2. The van der Waals surface area contributed by atoms with Gasteiger partial charge in [-0.3, -0.25) is 4.79 Å². The molecule has 0 aliphatic rings. The van der Waals surface area contributed by atoms with Crippen molar-refractivity contribution in [3.63, 3.8) is 0 Å². The van der Waals surface area contributed by atoms with E-state index in [-0.39, 0.29) is 5.91 Å². The van der Waals surface area contributed by atoms with Crippen molar-refractivity contribution < 1.29 is 9.21 Å². The number of hydrogen-bond acceptors (Lipinski definition) is 6. The number of carbonyl (C=O) groups excluding carboxylic acids is 1. The van der Waals surface area contributed by atoms with Crippen LogP contribution in [0.5, 0.6) is 0 Å². The van der Waals surface area contributed by atoms with Gasteiger partial charge < -0.3 is 9.32 Å². The zero-order valence-electron chi connectivity index (χ0n) is 11.6. The minimum absolute atomic E-state index is 0.00259. The van der Waals surface area contributed by atoms with Crippen LogP contribution in [0.3, 0.4) is 0 Å².